The third-order valence-electron chi connectivity index (χ3n) is 1.94. The maximum absolute atomic E-state index is 5.84. The number of nitrogens with two attached hydrogens (primary N) is 1. The monoisotopic (exact) mass is 185 g/mol. The second kappa shape index (κ2) is 5.07. The van der Waals surface area contributed by atoms with Crippen molar-refractivity contribution in [2.75, 3.05) is 26.3 Å². The number of nitrogens with zero attached hydrogens (tertiary/aromatic N) is 2. The Morgan fingerprint density at radius 2 is 2.15 bits per heavy atom. The molecule has 1 heterocycles. The van der Waals surface area contributed by atoms with Crippen molar-refractivity contribution in [3.8, 4) is 0 Å². The van der Waals surface area contributed by atoms with Crippen molar-refractivity contribution < 1.29 is 4.74 Å². The molecule has 76 valence electrons. The summed E-state index contributed by atoms with van der Waals surface area (Å²) in [7, 11) is 0. The van der Waals surface area contributed by atoms with Crippen molar-refractivity contribution in [3.63, 3.8) is 0 Å². The summed E-state index contributed by atoms with van der Waals surface area (Å²) in [6, 6.07) is 0.268. The van der Waals surface area contributed by atoms with E-state index >= 15 is 0 Å². The fraction of sp³-hybridized carbons (Fsp3) is 0.889. The lowest BCUT2D eigenvalue weighted by atomic mass is 10.4. The van der Waals surface area contributed by atoms with Crippen LogP contribution in [0.15, 0.2) is 4.99 Å². The van der Waals surface area contributed by atoms with E-state index in [4.69, 9.17) is 10.5 Å². The highest BCUT2D eigenvalue weighted by Crippen LogP contribution is 1.99. The quantitative estimate of drug-likeness (QED) is 0.476. The zero-order chi connectivity index (χ0) is 9.68. The highest BCUT2D eigenvalue weighted by molar-refractivity contribution is 5.78. The summed E-state index contributed by atoms with van der Waals surface area (Å²) in [5.41, 5.74) is 5.84. The molecule has 1 aliphatic heterocycles. The molecule has 0 bridgehead atoms. The molecule has 0 spiro atoms. The van der Waals surface area contributed by atoms with Crippen molar-refractivity contribution in [3.05, 3.63) is 0 Å². The zero-order valence-electron chi connectivity index (χ0n) is 8.49. The number of aliphatic imine (C=N–C) groups is 1. The Balaban J connectivity index is 2.48. The predicted molar refractivity (Wildman–Crippen MR) is 53.8 cm³/mol. The summed E-state index contributed by atoms with van der Waals surface area (Å²) in [6.07, 6.45) is 1.04. The first-order chi connectivity index (χ1) is 6.20. The molecule has 0 aliphatic carbocycles. The Labute approximate surface area is 79.8 Å². The Kier molecular flexibility index (Phi) is 4.02. The van der Waals surface area contributed by atoms with Crippen LogP contribution >= 0.6 is 0 Å². The van der Waals surface area contributed by atoms with Gasteiger partial charge in [0, 0.05) is 25.7 Å². The van der Waals surface area contributed by atoms with E-state index in [1.807, 2.05) is 13.8 Å². The minimum Gasteiger partial charge on any atom is -0.380 e. The van der Waals surface area contributed by atoms with Crippen LogP contribution in [0.1, 0.15) is 20.3 Å². The van der Waals surface area contributed by atoms with Crippen molar-refractivity contribution in [1.29, 1.82) is 0 Å². The first-order valence-electron chi connectivity index (χ1n) is 4.86. The topological polar surface area (TPSA) is 50.8 Å². The second-order valence-electron chi connectivity index (χ2n) is 3.53. The molecule has 1 rings (SSSR count). The van der Waals surface area contributed by atoms with Gasteiger partial charge in [-0.1, -0.05) is 0 Å². The number of guanidine groups is 1. The van der Waals surface area contributed by atoms with Gasteiger partial charge in [-0.3, -0.25) is 4.99 Å². The van der Waals surface area contributed by atoms with Crippen molar-refractivity contribution in [2.45, 2.75) is 26.3 Å². The highest BCUT2D eigenvalue weighted by atomic mass is 16.5. The molecule has 1 aliphatic rings. The van der Waals surface area contributed by atoms with Crippen LogP contribution in [0.3, 0.4) is 0 Å². The van der Waals surface area contributed by atoms with Gasteiger partial charge in [-0.05, 0) is 20.3 Å². The van der Waals surface area contributed by atoms with Crippen LogP contribution in [-0.4, -0.2) is 43.2 Å². The molecule has 0 radical (unpaired) electrons. The molecule has 0 amide bonds. The first-order valence-corrected chi connectivity index (χ1v) is 4.86. The summed E-state index contributed by atoms with van der Waals surface area (Å²) in [6.45, 7) is 7.48. The van der Waals surface area contributed by atoms with Gasteiger partial charge in [-0.15, -0.1) is 0 Å². The molecule has 4 nitrogen and oxygen atoms in total. The van der Waals surface area contributed by atoms with Gasteiger partial charge in [-0.25, -0.2) is 0 Å². The minimum absolute atomic E-state index is 0.268. The molecule has 1 fully saturated rings. The van der Waals surface area contributed by atoms with Gasteiger partial charge < -0.3 is 15.4 Å². The molecule has 0 aromatic carbocycles. The molecule has 0 aromatic rings. The van der Waals surface area contributed by atoms with E-state index in [0.29, 0.717) is 5.96 Å². The van der Waals surface area contributed by atoms with Crippen LogP contribution in [0, 0.1) is 0 Å². The molecule has 13 heavy (non-hydrogen) atoms. The maximum Gasteiger partial charge on any atom is 0.191 e. The van der Waals surface area contributed by atoms with E-state index in [9.17, 15) is 0 Å². The van der Waals surface area contributed by atoms with Crippen LogP contribution in [0.25, 0.3) is 0 Å². The van der Waals surface area contributed by atoms with Crippen LogP contribution in [0.5, 0.6) is 0 Å². The molecular weight excluding hydrogens is 166 g/mol. The fourth-order valence-electron chi connectivity index (χ4n) is 1.32. The molecule has 1 saturated heterocycles. The van der Waals surface area contributed by atoms with Crippen LogP contribution < -0.4 is 5.73 Å². The molecule has 2 N–H and O–H groups in total. The van der Waals surface area contributed by atoms with E-state index in [1.165, 1.54) is 0 Å². The fourth-order valence-corrected chi connectivity index (χ4v) is 1.32. The molecule has 0 saturated carbocycles. The molecule has 0 aromatic heterocycles. The van der Waals surface area contributed by atoms with E-state index in [2.05, 4.69) is 9.89 Å². The lowest BCUT2D eigenvalue weighted by molar-refractivity contribution is 0.147. The van der Waals surface area contributed by atoms with E-state index in [0.717, 1.165) is 32.7 Å². The molecule has 4 heteroatoms. The van der Waals surface area contributed by atoms with Gasteiger partial charge in [0.1, 0.15) is 0 Å². The number of ether oxygens (including phenoxy) is 1. The molecule has 0 atom stereocenters. The van der Waals surface area contributed by atoms with Gasteiger partial charge in [0.15, 0.2) is 5.96 Å². The Morgan fingerprint density at radius 3 is 2.85 bits per heavy atom. The average molecular weight is 185 g/mol. The van der Waals surface area contributed by atoms with E-state index in [-0.39, 0.29) is 6.04 Å². The third-order valence-corrected chi connectivity index (χ3v) is 1.94. The smallest absolute Gasteiger partial charge is 0.191 e. The van der Waals surface area contributed by atoms with Crippen molar-refractivity contribution in [1.82, 2.24) is 4.90 Å². The van der Waals surface area contributed by atoms with Crippen LogP contribution in [0.2, 0.25) is 0 Å². The summed E-state index contributed by atoms with van der Waals surface area (Å²) in [5.74, 6) is 0.653. The first kappa shape index (κ1) is 10.3. The number of hydrogen-bond acceptors (Lipinski definition) is 2. The van der Waals surface area contributed by atoms with Gasteiger partial charge in [0.25, 0.3) is 0 Å². The normalized spacial score (nSPS) is 20.5. The van der Waals surface area contributed by atoms with Crippen molar-refractivity contribution >= 4 is 5.96 Å². The lowest BCUT2D eigenvalue weighted by Crippen LogP contribution is -2.39. The van der Waals surface area contributed by atoms with Gasteiger partial charge >= 0.3 is 0 Å². The second-order valence-corrected chi connectivity index (χ2v) is 3.53. The minimum atomic E-state index is 0.268. The van der Waals surface area contributed by atoms with Crippen LogP contribution in [-0.2, 0) is 4.74 Å². The Bertz CT molecular complexity index is 172. The van der Waals surface area contributed by atoms with Gasteiger partial charge in [0.2, 0.25) is 0 Å². The summed E-state index contributed by atoms with van der Waals surface area (Å²) in [5, 5.41) is 0. The number of hydrogen-bond donors (Lipinski definition) is 1. The van der Waals surface area contributed by atoms with E-state index < -0.39 is 0 Å². The Hall–Kier alpha value is -0.770. The maximum atomic E-state index is 5.84. The Morgan fingerprint density at radius 1 is 1.38 bits per heavy atom. The standard InChI is InChI=1S/C9H19N3O/c1-8(2)11-9(10)12-4-3-6-13-7-5-12/h8H,3-7H2,1-2H3,(H2,10,11). The predicted octanol–water partition coefficient (Wildman–Crippen LogP) is 0.432. The molecule has 0 unspecified atom stereocenters. The number of rotatable bonds is 1. The SMILES string of the molecule is CC(C)N=C(N)N1CCCOCC1. The summed E-state index contributed by atoms with van der Waals surface area (Å²) < 4.78 is 5.33. The largest absolute Gasteiger partial charge is 0.380 e. The summed E-state index contributed by atoms with van der Waals surface area (Å²) in [4.78, 5) is 6.40. The lowest BCUT2D eigenvalue weighted by Gasteiger charge is -2.20. The highest BCUT2D eigenvalue weighted by Gasteiger charge is 2.10. The average Bonchev–Trinajstić information content (AvgIpc) is 2.29. The van der Waals surface area contributed by atoms with Crippen LogP contribution in [0.4, 0.5) is 0 Å². The van der Waals surface area contributed by atoms with Crippen molar-refractivity contribution in [2.24, 2.45) is 10.7 Å². The molecular formula is C9H19N3O. The van der Waals surface area contributed by atoms with Gasteiger partial charge in [-0.2, -0.15) is 0 Å². The zero-order valence-corrected chi connectivity index (χ0v) is 8.49. The van der Waals surface area contributed by atoms with Gasteiger partial charge in [0.05, 0.1) is 6.61 Å². The van der Waals surface area contributed by atoms with E-state index in [1.54, 1.807) is 0 Å². The summed E-state index contributed by atoms with van der Waals surface area (Å²) >= 11 is 0. The third kappa shape index (κ3) is 3.63.